The summed E-state index contributed by atoms with van der Waals surface area (Å²) in [6, 6.07) is 4.36. The van der Waals surface area contributed by atoms with Crippen molar-refractivity contribution in [3.05, 3.63) is 29.6 Å². The van der Waals surface area contributed by atoms with E-state index in [1.165, 1.54) is 30.8 Å². The highest BCUT2D eigenvalue weighted by Gasteiger charge is 2.13. The van der Waals surface area contributed by atoms with Crippen LogP contribution in [0.2, 0.25) is 0 Å². The van der Waals surface area contributed by atoms with Crippen LogP contribution in [0, 0.1) is 0 Å². The lowest BCUT2D eigenvalue weighted by molar-refractivity contribution is 0.172. The van der Waals surface area contributed by atoms with E-state index in [0.717, 1.165) is 6.54 Å². The van der Waals surface area contributed by atoms with Crippen LogP contribution in [-0.4, -0.2) is 23.0 Å². The van der Waals surface area contributed by atoms with E-state index in [2.05, 4.69) is 35.9 Å². The van der Waals surface area contributed by atoms with Gasteiger partial charge in [0, 0.05) is 18.4 Å². The van der Waals surface area contributed by atoms with Crippen molar-refractivity contribution in [2.45, 2.75) is 32.7 Å². The summed E-state index contributed by atoms with van der Waals surface area (Å²) in [5.74, 6) is 0.535. The van der Waals surface area contributed by atoms with Crippen molar-refractivity contribution in [3.8, 4) is 0 Å². The Hall–Kier alpha value is -0.890. The van der Waals surface area contributed by atoms with Crippen molar-refractivity contribution in [2.75, 3.05) is 13.1 Å². The van der Waals surface area contributed by atoms with Gasteiger partial charge in [-0.25, -0.2) is 0 Å². The van der Waals surface area contributed by atoms with E-state index < -0.39 is 0 Å². The van der Waals surface area contributed by atoms with E-state index in [-0.39, 0.29) is 0 Å². The molecule has 0 aliphatic carbocycles. The second-order valence-electron chi connectivity index (χ2n) is 4.38. The van der Waals surface area contributed by atoms with Crippen molar-refractivity contribution in [3.63, 3.8) is 0 Å². The molecular formula is C12H18N2. The molecule has 0 saturated carbocycles. The summed E-state index contributed by atoms with van der Waals surface area (Å²) in [4.78, 5) is 6.91. The molecule has 0 atom stereocenters. The van der Waals surface area contributed by atoms with Gasteiger partial charge in [0.15, 0.2) is 0 Å². The van der Waals surface area contributed by atoms with Crippen LogP contribution in [0.5, 0.6) is 0 Å². The molecule has 1 aliphatic rings. The number of hydrogen-bond acceptors (Lipinski definition) is 2. The zero-order valence-corrected chi connectivity index (χ0v) is 9.03. The molecule has 0 bridgehead atoms. The second kappa shape index (κ2) is 4.09. The summed E-state index contributed by atoms with van der Waals surface area (Å²) in [6.07, 6.45) is 3.38. The molecule has 0 spiro atoms. The number of rotatable bonds is 3. The van der Waals surface area contributed by atoms with Crippen LogP contribution in [0.1, 0.15) is 37.4 Å². The van der Waals surface area contributed by atoms with E-state index in [1.54, 1.807) is 0 Å². The molecule has 1 aromatic rings. The Morgan fingerprint density at radius 3 is 2.57 bits per heavy atom. The third kappa shape index (κ3) is 2.13. The second-order valence-corrected chi connectivity index (χ2v) is 4.38. The Bertz CT molecular complexity index is 286. The molecule has 0 N–H and O–H groups in total. The van der Waals surface area contributed by atoms with E-state index in [1.807, 2.05) is 6.20 Å². The van der Waals surface area contributed by atoms with Gasteiger partial charge in [-0.05, 0) is 37.1 Å². The lowest BCUT2D eigenvalue weighted by atomic mass is 10.1. The first-order valence-corrected chi connectivity index (χ1v) is 5.43. The first kappa shape index (κ1) is 9.66. The summed E-state index contributed by atoms with van der Waals surface area (Å²) < 4.78 is 0. The quantitative estimate of drug-likeness (QED) is 0.727. The largest absolute Gasteiger partial charge is 0.299 e. The van der Waals surface area contributed by atoms with Gasteiger partial charge >= 0.3 is 0 Å². The summed E-state index contributed by atoms with van der Waals surface area (Å²) in [5.41, 5.74) is 2.53. The Morgan fingerprint density at radius 2 is 2.14 bits per heavy atom. The van der Waals surface area contributed by atoms with Gasteiger partial charge in [0.1, 0.15) is 0 Å². The van der Waals surface area contributed by atoms with E-state index in [0.29, 0.717) is 5.92 Å². The Balaban J connectivity index is 1.98. The zero-order valence-electron chi connectivity index (χ0n) is 9.03. The number of likely N-dealkylation sites (tertiary alicyclic amines) is 1. The van der Waals surface area contributed by atoms with Crippen LogP contribution >= 0.6 is 0 Å². The van der Waals surface area contributed by atoms with Crippen LogP contribution < -0.4 is 0 Å². The molecule has 0 aromatic carbocycles. The van der Waals surface area contributed by atoms with Crippen molar-refractivity contribution in [1.29, 1.82) is 0 Å². The van der Waals surface area contributed by atoms with Gasteiger partial charge in [-0.15, -0.1) is 0 Å². The molecule has 2 heterocycles. The van der Waals surface area contributed by atoms with E-state index in [9.17, 15) is 0 Å². The molecule has 2 rings (SSSR count). The molecule has 2 nitrogen and oxygen atoms in total. The molecule has 1 saturated heterocycles. The highest BCUT2D eigenvalue weighted by Crippen LogP contribution is 2.14. The lowest BCUT2D eigenvalue weighted by Gasteiger charge is -2.30. The van der Waals surface area contributed by atoms with Gasteiger partial charge in [-0.2, -0.15) is 0 Å². The highest BCUT2D eigenvalue weighted by molar-refractivity contribution is 5.16. The summed E-state index contributed by atoms with van der Waals surface area (Å²) >= 11 is 0. The molecule has 0 unspecified atom stereocenters. The Labute approximate surface area is 86.0 Å². The standard InChI is InChI=1S/C12H18N2/c1-10(2)12-5-4-11(8-13-12)9-14-6-3-7-14/h4-5,8,10H,3,6-7,9H2,1-2H3. The molecule has 0 amide bonds. The molecule has 1 aromatic heterocycles. The van der Waals surface area contributed by atoms with Gasteiger partial charge in [0.05, 0.1) is 0 Å². The van der Waals surface area contributed by atoms with Crippen LogP contribution in [0.15, 0.2) is 18.3 Å². The van der Waals surface area contributed by atoms with Gasteiger partial charge in [-0.3, -0.25) is 9.88 Å². The fourth-order valence-electron chi connectivity index (χ4n) is 1.67. The van der Waals surface area contributed by atoms with Crippen LogP contribution in [-0.2, 0) is 6.54 Å². The smallest absolute Gasteiger partial charge is 0.0429 e. The van der Waals surface area contributed by atoms with Gasteiger partial charge < -0.3 is 0 Å². The molecule has 14 heavy (non-hydrogen) atoms. The number of aromatic nitrogens is 1. The lowest BCUT2D eigenvalue weighted by Crippen LogP contribution is -2.36. The summed E-state index contributed by atoms with van der Waals surface area (Å²) in [6.45, 7) is 7.94. The topological polar surface area (TPSA) is 16.1 Å². The average Bonchev–Trinajstić information content (AvgIpc) is 2.12. The maximum Gasteiger partial charge on any atom is 0.0429 e. The molecular weight excluding hydrogens is 172 g/mol. The van der Waals surface area contributed by atoms with Crippen LogP contribution in [0.4, 0.5) is 0 Å². The minimum absolute atomic E-state index is 0.535. The monoisotopic (exact) mass is 190 g/mol. The van der Waals surface area contributed by atoms with Crippen molar-refractivity contribution in [2.24, 2.45) is 0 Å². The number of hydrogen-bond donors (Lipinski definition) is 0. The third-order valence-corrected chi connectivity index (χ3v) is 2.79. The third-order valence-electron chi connectivity index (χ3n) is 2.79. The molecule has 1 fully saturated rings. The van der Waals surface area contributed by atoms with E-state index >= 15 is 0 Å². The van der Waals surface area contributed by atoms with Crippen LogP contribution in [0.25, 0.3) is 0 Å². The first-order valence-electron chi connectivity index (χ1n) is 5.43. The Morgan fingerprint density at radius 1 is 1.36 bits per heavy atom. The van der Waals surface area contributed by atoms with Crippen LogP contribution in [0.3, 0.4) is 0 Å². The molecule has 0 radical (unpaired) electrons. The zero-order chi connectivity index (χ0) is 9.97. The van der Waals surface area contributed by atoms with Crippen molar-refractivity contribution >= 4 is 0 Å². The van der Waals surface area contributed by atoms with Gasteiger partial charge in [0.2, 0.25) is 0 Å². The Kier molecular flexibility index (Phi) is 2.82. The summed E-state index contributed by atoms with van der Waals surface area (Å²) in [5, 5.41) is 0. The first-order chi connectivity index (χ1) is 6.75. The predicted octanol–water partition coefficient (Wildman–Crippen LogP) is 2.41. The molecule has 1 aliphatic heterocycles. The van der Waals surface area contributed by atoms with Crippen molar-refractivity contribution in [1.82, 2.24) is 9.88 Å². The normalized spacial score (nSPS) is 17.1. The van der Waals surface area contributed by atoms with Gasteiger partial charge in [-0.1, -0.05) is 19.9 Å². The van der Waals surface area contributed by atoms with Crippen molar-refractivity contribution < 1.29 is 0 Å². The summed E-state index contributed by atoms with van der Waals surface area (Å²) in [7, 11) is 0. The van der Waals surface area contributed by atoms with E-state index in [4.69, 9.17) is 0 Å². The molecule has 2 heteroatoms. The fraction of sp³-hybridized carbons (Fsp3) is 0.583. The predicted molar refractivity (Wildman–Crippen MR) is 58.2 cm³/mol. The van der Waals surface area contributed by atoms with Gasteiger partial charge in [0.25, 0.3) is 0 Å². The average molecular weight is 190 g/mol. The highest BCUT2D eigenvalue weighted by atomic mass is 15.2. The fourth-order valence-corrected chi connectivity index (χ4v) is 1.67. The minimum Gasteiger partial charge on any atom is -0.299 e. The number of pyridine rings is 1. The minimum atomic E-state index is 0.535. The number of nitrogens with zero attached hydrogens (tertiary/aromatic N) is 2. The SMILES string of the molecule is CC(C)c1ccc(CN2CCC2)cn1. The maximum atomic E-state index is 4.46. The molecule has 76 valence electrons. The maximum absolute atomic E-state index is 4.46.